The number of halogens is 1. The Hall–Kier alpha value is -1.18. The molecule has 1 fully saturated rings. The van der Waals surface area contributed by atoms with E-state index in [4.69, 9.17) is 0 Å². The molecular weight excluding hydrogens is 247 g/mol. The van der Waals surface area contributed by atoms with Crippen molar-refractivity contribution >= 4 is 17.0 Å². The summed E-state index contributed by atoms with van der Waals surface area (Å²) in [5, 5.41) is 10.5. The van der Waals surface area contributed by atoms with Gasteiger partial charge in [0.25, 0.3) is 5.69 Å². The van der Waals surface area contributed by atoms with E-state index in [1.54, 1.807) is 0 Å². The predicted molar refractivity (Wildman–Crippen MR) is 60.6 cm³/mol. The van der Waals surface area contributed by atoms with Gasteiger partial charge in [-0.25, -0.2) is 4.39 Å². The molecule has 5 nitrogen and oxygen atoms in total. The first-order valence-electron chi connectivity index (χ1n) is 5.13. The second-order valence-corrected chi connectivity index (χ2v) is 5.26. The molecule has 2 unspecified atom stereocenters. The Morgan fingerprint density at radius 3 is 2.53 bits per heavy atom. The number of nitro benzene ring substituents is 1. The lowest BCUT2D eigenvalue weighted by Gasteiger charge is -2.18. The first kappa shape index (κ1) is 12.3. The van der Waals surface area contributed by atoms with Crippen molar-refractivity contribution in [2.45, 2.75) is 17.5 Å². The van der Waals surface area contributed by atoms with Crippen molar-refractivity contribution in [3.05, 3.63) is 34.4 Å². The number of nitro groups is 1. The second kappa shape index (κ2) is 4.99. The van der Waals surface area contributed by atoms with Crippen LogP contribution < -0.4 is 0 Å². The maximum absolute atomic E-state index is 13.0. The maximum Gasteiger partial charge on any atom is 0.269 e. The van der Waals surface area contributed by atoms with Crippen LogP contribution >= 0.6 is 0 Å². The fraction of sp³-hybridized carbons (Fsp3) is 0.400. The third-order valence-corrected chi connectivity index (χ3v) is 4.05. The third-order valence-electron chi connectivity index (χ3n) is 2.58. The van der Waals surface area contributed by atoms with Crippen molar-refractivity contribution in [2.75, 3.05) is 13.1 Å². The standard InChI is InChI=1S/C10H11FN2O3S/c11-8-5-6-12(7-8)17(16)10-3-1-9(2-4-10)13(14)15/h1-4,8H,5-7H2. The first-order chi connectivity index (χ1) is 8.08. The first-order valence-corrected chi connectivity index (χ1v) is 6.24. The van der Waals surface area contributed by atoms with Gasteiger partial charge in [-0.2, -0.15) is 0 Å². The summed E-state index contributed by atoms with van der Waals surface area (Å²) in [6, 6.07) is 5.49. The minimum atomic E-state index is -1.43. The predicted octanol–water partition coefficient (Wildman–Crippen LogP) is 1.66. The van der Waals surface area contributed by atoms with Gasteiger partial charge in [-0.15, -0.1) is 4.31 Å². The molecule has 92 valence electrons. The highest BCUT2D eigenvalue weighted by molar-refractivity contribution is 7.89. The monoisotopic (exact) mass is 258 g/mol. The minimum absolute atomic E-state index is 0.0458. The normalized spacial score (nSPS) is 22.6. The Morgan fingerprint density at radius 1 is 1.41 bits per heavy atom. The van der Waals surface area contributed by atoms with Crippen molar-refractivity contribution < 1.29 is 13.9 Å². The van der Waals surface area contributed by atoms with Crippen LogP contribution in [0.15, 0.2) is 29.2 Å². The van der Waals surface area contributed by atoms with Crippen molar-refractivity contribution in [2.24, 2.45) is 0 Å². The van der Waals surface area contributed by atoms with E-state index in [9.17, 15) is 19.1 Å². The molecule has 0 radical (unpaired) electrons. The minimum Gasteiger partial charge on any atom is -0.593 e. The van der Waals surface area contributed by atoms with Gasteiger partial charge in [0.15, 0.2) is 4.90 Å². The molecule has 1 aromatic rings. The Balaban J connectivity index is 2.09. The van der Waals surface area contributed by atoms with Gasteiger partial charge in [0.05, 0.1) is 22.8 Å². The highest BCUT2D eigenvalue weighted by Gasteiger charge is 2.32. The fourth-order valence-corrected chi connectivity index (χ4v) is 2.91. The fourth-order valence-electron chi connectivity index (χ4n) is 1.67. The van der Waals surface area contributed by atoms with E-state index in [1.165, 1.54) is 28.6 Å². The van der Waals surface area contributed by atoms with E-state index in [0.717, 1.165) is 0 Å². The van der Waals surface area contributed by atoms with E-state index in [-0.39, 0.29) is 12.2 Å². The molecule has 2 rings (SSSR count). The molecule has 1 aliphatic rings. The lowest BCUT2D eigenvalue weighted by Crippen LogP contribution is -2.29. The zero-order valence-electron chi connectivity index (χ0n) is 8.91. The number of alkyl halides is 1. The Kier molecular flexibility index (Phi) is 3.60. The average Bonchev–Trinajstić information content (AvgIpc) is 2.75. The molecule has 7 heteroatoms. The number of non-ortho nitro benzene ring substituents is 1. The van der Waals surface area contributed by atoms with Crippen molar-refractivity contribution in [1.29, 1.82) is 0 Å². The molecule has 0 aliphatic carbocycles. The molecule has 1 aromatic carbocycles. The van der Waals surface area contributed by atoms with Gasteiger partial charge in [-0.1, -0.05) is 0 Å². The molecule has 0 spiro atoms. The van der Waals surface area contributed by atoms with E-state index < -0.39 is 22.5 Å². The number of nitrogens with zero attached hydrogens (tertiary/aromatic N) is 2. The summed E-state index contributed by atoms with van der Waals surface area (Å²) in [5.74, 6) is 0. The second-order valence-electron chi connectivity index (χ2n) is 3.77. The summed E-state index contributed by atoms with van der Waals surface area (Å²) in [7, 11) is 0. The lowest BCUT2D eigenvalue weighted by molar-refractivity contribution is -0.384. The van der Waals surface area contributed by atoms with Crippen LogP contribution in [0.25, 0.3) is 0 Å². The summed E-state index contributed by atoms with van der Waals surface area (Å²) in [5.41, 5.74) is -0.0458. The van der Waals surface area contributed by atoms with Gasteiger partial charge >= 0.3 is 0 Å². The highest BCUT2D eigenvalue weighted by atomic mass is 32.2. The molecule has 1 heterocycles. The average molecular weight is 258 g/mol. The van der Waals surface area contributed by atoms with Crippen molar-refractivity contribution in [1.82, 2.24) is 4.31 Å². The SMILES string of the molecule is O=[N+]([O-])c1ccc([S+]([O-])N2CCC(F)C2)cc1. The third kappa shape index (κ3) is 2.74. The van der Waals surface area contributed by atoms with Gasteiger partial charge in [-0.3, -0.25) is 10.1 Å². The van der Waals surface area contributed by atoms with E-state index in [0.29, 0.717) is 17.9 Å². The van der Waals surface area contributed by atoms with Crippen LogP contribution in [0.1, 0.15) is 6.42 Å². The van der Waals surface area contributed by atoms with Crippen LogP contribution in [0.5, 0.6) is 0 Å². The van der Waals surface area contributed by atoms with Crippen LogP contribution in [0.3, 0.4) is 0 Å². The van der Waals surface area contributed by atoms with Crippen LogP contribution in [-0.2, 0) is 11.4 Å². The maximum atomic E-state index is 13.0. The largest absolute Gasteiger partial charge is 0.593 e. The van der Waals surface area contributed by atoms with E-state index in [1.807, 2.05) is 0 Å². The zero-order valence-corrected chi connectivity index (χ0v) is 9.73. The van der Waals surface area contributed by atoms with E-state index >= 15 is 0 Å². The molecule has 1 aliphatic heterocycles. The van der Waals surface area contributed by atoms with Gasteiger partial charge in [0.1, 0.15) is 6.17 Å². The topological polar surface area (TPSA) is 69.4 Å². The molecule has 0 aromatic heterocycles. The highest BCUT2D eigenvalue weighted by Crippen LogP contribution is 2.23. The lowest BCUT2D eigenvalue weighted by atomic mass is 10.3. The van der Waals surface area contributed by atoms with Gasteiger partial charge < -0.3 is 4.55 Å². The molecular formula is C10H11FN2O3S. The number of hydrogen-bond donors (Lipinski definition) is 0. The number of benzene rings is 1. The summed E-state index contributed by atoms with van der Waals surface area (Å²) in [4.78, 5) is 10.4. The summed E-state index contributed by atoms with van der Waals surface area (Å²) < 4.78 is 26.5. The van der Waals surface area contributed by atoms with Crippen molar-refractivity contribution in [3.8, 4) is 0 Å². The van der Waals surface area contributed by atoms with E-state index in [2.05, 4.69) is 0 Å². The smallest absolute Gasteiger partial charge is 0.269 e. The summed E-state index contributed by atoms with van der Waals surface area (Å²) in [6.45, 7) is 0.606. The molecule has 17 heavy (non-hydrogen) atoms. The molecule has 0 bridgehead atoms. The molecule has 0 amide bonds. The van der Waals surface area contributed by atoms with Gasteiger partial charge in [-0.05, 0) is 6.42 Å². The van der Waals surface area contributed by atoms with Crippen LogP contribution in [-0.4, -0.2) is 33.0 Å². The van der Waals surface area contributed by atoms with Crippen LogP contribution in [0.4, 0.5) is 10.1 Å². The van der Waals surface area contributed by atoms with Gasteiger partial charge in [0.2, 0.25) is 0 Å². The van der Waals surface area contributed by atoms with Crippen LogP contribution in [0.2, 0.25) is 0 Å². The summed E-state index contributed by atoms with van der Waals surface area (Å²) in [6.07, 6.45) is -0.546. The Morgan fingerprint density at radius 2 is 2.06 bits per heavy atom. The molecule has 0 saturated carbocycles. The van der Waals surface area contributed by atoms with Gasteiger partial charge in [0, 0.05) is 30.8 Å². The molecule has 0 N–H and O–H groups in total. The molecule has 1 saturated heterocycles. The van der Waals surface area contributed by atoms with Crippen LogP contribution in [0, 0.1) is 10.1 Å². The quantitative estimate of drug-likeness (QED) is 0.469. The Bertz CT molecular complexity index is 415. The zero-order chi connectivity index (χ0) is 12.4. The summed E-state index contributed by atoms with van der Waals surface area (Å²) >= 11 is -1.43. The number of rotatable bonds is 3. The number of hydrogen-bond acceptors (Lipinski definition) is 4. The Labute approximate surface area is 101 Å². The van der Waals surface area contributed by atoms with Crippen molar-refractivity contribution in [3.63, 3.8) is 0 Å². The molecule has 2 atom stereocenters.